The number of guanidine groups is 1. The molecule has 1 unspecified atom stereocenters. The predicted octanol–water partition coefficient (Wildman–Crippen LogP) is 0.714. The minimum atomic E-state index is -2.98. The summed E-state index contributed by atoms with van der Waals surface area (Å²) in [4.78, 5) is 16.0. The van der Waals surface area contributed by atoms with Crippen LogP contribution in [0.4, 0.5) is 0 Å². The Morgan fingerprint density at radius 1 is 1.21 bits per heavy atom. The van der Waals surface area contributed by atoms with E-state index in [0.29, 0.717) is 25.5 Å². The van der Waals surface area contributed by atoms with Crippen molar-refractivity contribution < 1.29 is 17.9 Å². The maximum absolute atomic E-state index is 11.9. The van der Waals surface area contributed by atoms with Gasteiger partial charge in [-0.1, -0.05) is 12.1 Å². The number of sulfone groups is 1. The first-order valence-electron chi connectivity index (χ1n) is 8.99. The number of halogens is 1. The Kier molecular flexibility index (Phi) is 10.6. The van der Waals surface area contributed by atoms with Gasteiger partial charge < -0.3 is 20.7 Å². The van der Waals surface area contributed by atoms with E-state index in [4.69, 9.17) is 4.74 Å². The number of nitrogens with one attached hydrogen (secondary N) is 3. The number of aliphatic imine (C=N–C) groups is 1. The second-order valence-corrected chi connectivity index (χ2v) is 8.67. The van der Waals surface area contributed by atoms with Crippen molar-refractivity contribution in [2.24, 2.45) is 4.99 Å². The molecule has 28 heavy (non-hydrogen) atoms. The van der Waals surface area contributed by atoms with E-state index < -0.39 is 9.84 Å². The average Bonchev–Trinajstić information content (AvgIpc) is 2.99. The molecule has 10 heteroatoms. The number of hydrogen-bond donors (Lipinski definition) is 3. The predicted molar refractivity (Wildman–Crippen MR) is 121 cm³/mol. The zero-order chi connectivity index (χ0) is 19.7. The van der Waals surface area contributed by atoms with Gasteiger partial charge in [0.2, 0.25) is 5.91 Å². The van der Waals surface area contributed by atoms with E-state index in [-0.39, 0.29) is 53.9 Å². The first-order valence-corrected chi connectivity index (χ1v) is 10.8. The Bertz CT molecular complexity index is 753. The van der Waals surface area contributed by atoms with Crippen molar-refractivity contribution in [1.29, 1.82) is 0 Å². The van der Waals surface area contributed by atoms with Gasteiger partial charge in [-0.25, -0.2) is 8.42 Å². The number of ether oxygens (including phenoxy) is 1. The molecule has 1 aliphatic rings. The fourth-order valence-corrected chi connectivity index (χ4v) is 4.51. The summed E-state index contributed by atoms with van der Waals surface area (Å²) in [5.74, 6) is 1.50. The van der Waals surface area contributed by atoms with Crippen LogP contribution in [0.1, 0.15) is 18.4 Å². The third kappa shape index (κ3) is 8.63. The fourth-order valence-electron chi connectivity index (χ4n) is 2.84. The van der Waals surface area contributed by atoms with E-state index in [2.05, 4.69) is 20.9 Å². The van der Waals surface area contributed by atoms with Crippen molar-refractivity contribution >= 4 is 45.7 Å². The second kappa shape index (κ2) is 12.1. The topological polar surface area (TPSA) is 109 Å². The molecule has 2 rings (SSSR count). The molecule has 1 saturated heterocycles. The molecule has 0 spiro atoms. The summed E-state index contributed by atoms with van der Waals surface area (Å²) in [6.07, 6.45) is 1.59. The van der Waals surface area contributed by atoms with E-state index in [9.17, 15) is 13.2 Å². The highest BCUT2D eigenvalue weighted by Gasteiger charge is 2.28. The molecule has 1 aromatic rings. The van der Waals surface area contributed by atoms with Crippen LogP contribution in [0.2, 0.25) is 0 Å². The van der Waals surface area contributed by atoms with Crippen molar-refractivity contribution in [2.45, 2.75) is 25.3 Å². The SMILES string of the molecule is CN=C(NCCC(=O)NC1CCS(=O)(=O)C1)NCCc1ccc(OC)cc1.I. The largest absolute Gasteiger partial charge is 0.497 e. The van der Waals surface area contributed by atoms with Crippen LogP contribution in [0.15, 0.2) is 29.3 Å². The molecule has 0 bridgehead atoms. The normalized spacial score (nSPS) is 18.1. The van der Waals surface area contributed by atoms with Crippen LogP contribution in [0.3, 0.4) is 0 Å². The van der Waals surface area contributed by atoms with Crippen LogP contribution >= 0.6 is 24.0 Å². The number of carbonyl (C=O) groups is 1. The summed E-state index contributed by atoms with van der Waals surface area (Å²) in [7, 11) is 0.331. The molecule has 1 aliphatic heterocycles. The Labute approximate surface area is 183 Å². The standard InChI is InChI=1S/C18H28N4O4S.HI/c1-19-18(20-10-7-14-3-5-16(26-2)6-4-14)21-11-8-17(23)22-15-9-12-27(24,25)13-15;/h3-6,15H,7-13H2,1-2H3,(H,22,23)(H2,19,20,21);1H. The number of benzene rings is 1. The molecule has 0 radical (unpaired) electrons. The number of methoxy groups -OCH3 is 1. The van der Waals surface area contributed by atoms with E-state index >= 15 is 0 Å². The average molecular weight is 524 g/mol. The van der Waals surface area contributed by atoms with E-state index in [0.717, 1.165) is 12.2 Å². The molecule has 8 nitrogen and oxygen atoms in total. The summed E-state index contributed by atoms with van der Waals surface area (Å²) in [5.41, 5.74) is 1.18. The number of carbonyl (C=O) groups excluding carboxylic acids is 1. The highest BCUT2D eigenvalue weighted by molar-refractivity contribution is 14.0. The summed E-state index contributed by atoms with van der Waals surface area (Å²) in [5, 5.41) is 9.06. The summed E-state index contributed by atoms with van der Waals surface area (Å²) < 4.78 is 27.9. The summed E-state index contributed by atoms with van der Waals surface area (Å²) in [6, 6.07) is 7.63. The van der Waals surface area contributed by atoms with Gasteiger partial charge in [-0.3, -0.25) is 9.79 Å². The fraction of sp³-hybridized carbons (Fsp3) is 0.556. The molecule has 1 heterocycles. The Hall–Kier alpha value is -1.56. The molecular formula is C18H29IN4O4S. The van der Waals surface area contributed by atoms with Crippen molar-refractivity contribution in [3.05, 3.63) is 29.8 Å². The lowest BCUT2D eigenvalue weighted by Crippen LogP contribution is -2.41. The zero-order valence-corrected chi connectivity index (χ0v) is 19.4. The van der Waals surface area contributed by atoms with Crippen molar-refractivity contribution in [2.75, 3.05) is 38.8 Å². The second-order valence-electron chi connectivity index (χ2n) is 6.44. The van der Waals surface area contributed by atoms with Gasteiger partial charge in [0.25, 0.3) is 0 Å². The van der Waals surface area contributed by atoms with Gasteiger partial charge >= 0.3 is 0 Å². The molecule has 1 aromatic carbocycles. The maximum Gasteiger partial charge on any atom is 0.222 e. The minimum Gasteiger partial charge on any atom is -0.497 e. The van der Waals surface area contributed by atoms with Crippen molar-refractivity contribution in [1.82, 2.24) is 16.0 Å². The molecule has 1 fully saturated rings. The summed E-state index contributed by atoms with van der Waals surface area (Å²) in [6.45, 7) is 1.13. The molecule has 158 valence electrons. The van der Waals surface area contributed by atoms with E-state index in [1.165, 1.54) is 5.56 Å². The highest BCUT2D eigenvalue weighted by Crippen LogP contribution is 2.12. The van der Waals surface area contributed by atoms with Gasteiger partial charge in [0.1, 0.15) is 5.75 Å². The minimum absolute atomic E-state index is 0. The molecule has 3 N–H and O–H groups in total. The van der Waals surface area contributed by atoms with Gasteiger partial charge in [-0.15, -0.1) is 24.0 Å². The molecule has 1 amide bonds. The van der Waals surface area contributed by atoms with Crippen LogP contribution in [-0.2, 0) is 21.1 Å². The number of amides is 1. The van der Waals surface area contributed by atoms with Crippen LogP contribution in [0, 0.1) is 0 Å². The van der Waals surface area contributed by atoms with Crippen LogP contribution in [0.25, 0.3) is 0 Å². The third-order valence-electron chi connectivity index (χ3n) is 4.33. The zero-order valence-electron chi connectivity index (χ0n) is 16.2. The lowest BCUT2D eigenvalue weighted by atomic mass is 10.1. The van der Waals surface area contributed by atoms with Gasteiger partial charge in [-0.05, 0) is 30.5 Å². The van der Waals surface area contributed by atoms with Gasteiger partial charge in [0.15, 0.2) is 15.8 Å². The smallest absolute Gasteiger partial charge is 0.222 e. The molecule has 0 aromatic heterocycles. The van der Waals surface area contributed by atoms with Gasteiger partial charge in [-0.2, -0.15) is 0 Å². The third-order valence-corrected chi connectivity index (χ3v) is 6.10. The molecule has 0 aliphatic carbocycles. The molecular weight excluding hydrogens is 495 g/mol. The first kappa shape index (κ1) is 24.5. The van der Waals surface area contributed by atoms with Crippen LogP contribution in [-0.4, -0.2) is 65.1 Å². The first-order chi connectivity index (χ1) is 12.9. The van der Waals surface area contributed by atoms with Crippen molar-refractivity contribution in [3.8, 4) is 5.75 Å². The van der Waals surface area contributed by atoms with Crippen molar-refractivity contribution in [3.63, 3.8) is 0 Å². The molecule has 1 atom stereocenters. The molecule has 0 saturated carbocycles. The quantitative estimate of drug-likeness (QED) is 0.263. The Morgan fingerprint density at radius 3 is 2.46 bits per heavy atom. The highest BCUT2D eigenvalue weighted by atomic mass is 127. The summed E-state index contributed by atoms with van der Waals surface area (Å²) >= 11 is 0. The monoisotopic (exact) mass is 524 g/mol. The Morgan fingerprint density at radius 2 is 1.89 bits per heavy atom. The number of hydrogen-bond acceptors (Lipinski definition) is 5. The van der Waals surface area contributed by atoms with Crippen LogP contribution in [0.5, 0.6) is 5.75 Å². The van der Waals surface area contributed by atoms with Gasteiger partial charge in [0, 0.05) is 32.6 Å². The maximum atomic E-state index is 11.9. The Balaban J connectivity index is 0.00000392. The lowest BCUT2D eigenvalue weighted by Gasteiger charge is -2.13. The van der Waals surface area contributed by atoms with E-state index in [1.807, 2.05) is 24.3 Å². The number of nitrogens with zero attached hydrogens (tertiary/aromatic N) is 1. The number of rotatable bonds is 8. The van der Waals surface area contributed by atoms with Crippen LogP contribution < -0.4 is 20.7 Å². The van der Waals surface area contributed by atoms with E-state index in [1.54, 1.807) is 14.2 Å². The lowest BCUT2D eigenvalue weighted by molar-refractivity contribution is -0.121. The van der Waals surface area contributed by atoms with Gasteiger partial charge in [0.05, 0.1) is 18.6 Å².